The molecule has 0 saturated carbocycles. The van der Waals surface area contributed by atoms with Crippen molar-refractivity contribution in [3.63, 3.8) is 0 Å². The molecule has 0 heterocycles. The van der Waals surface area contributed by atoms with Crippen LogP contribution in [0.15, 0.2) is 0 Å². The molecule has 4 nitrogen and oxygen atoms in total. The van der Waals surface area contributed by atoms with E-state index in [1.165, 1.54) is 0 Å². The minimum atomic E-state index is -0.673. The van der Waals surface area contributed by atoms with E-state index in [1.807, 2.05) is 20.8 Å². The van der Waals surface area contributed by atoms with Crippen LogP contribution >= 0.6 is 0 Å². The van der Waals surface area contributed by atoms with Crippen molar-refractivity contribution in [2.24, 2.45) is 5.73 Å². The topological polar surface area (TPSA) is 69.4 Å². The summed E-state index contributed by atoms with van der Waals surface area (Å²) in [6, 6.07) is -0.471. The number of carbonyl (C=O) groups excluding carboxylic acids is 2. The van der Waals surface area contributed by atoms with E-state index in [9.17, 15) is 9.59 Å². The fourth-order valence-corrected chi connectivity index (χ4v) is 3.17. The molecule has 0 aliphatic heterocycles. The summed E-state index contributed by atoms with van der Waals surface area (Å²) in [5.41, 5.74) is 5.01. The van der Waals surface area contributed by atoms with Gasteiger partial charge in [-0.2, -0.15) is 0 Å². The van der Waals surface area contributed by atoms with Crippen LogP contribution in [0.3, 0.4) is 0 Å². The van der Waals surface area contributed by atoms with Gasteiger partial charge in [0.15, 0.2) is 0 Å². The number of rotatable bonds is 7. The summed E-state index contributed by atoms with van der Waals surface area (Å²) in [4.78, 5) is 21.5. The van der Waals surface area contributed by atoms with Gasteiger partial charge in [-0.15, -0.1) is 0 Å². The molecule has 16 heavy (non-hydrogen) atoms. The van der Waals surface area contributed by atoms with E-state index in [2.05, 4.69) is 0 Å². The van der Waals surface area contributed by atoms with E-state index >= 15 is 0 Å². The van der Waals surface area contributed by atoms with Gasteiger partial charge in [0.1, 0.15) is 0 Å². The summed E-state index contributed by atoms with van der Waals surface area (Å²) in [6.07, 6.45) is 4.22. The summed E-state index contributed by atoms with van der Waals surface area (Å²) in [7, 11) is 0. The first-order valence-electron chi connectivity index (χ1n) is 5.45. The zero-order valence-electron chi connectivity index (χ0n) is 10.2. The Balaban J connectivity index is 3.45. The second-order valence-corrected chi connectivity index (χ2v) is 7.30. The van der Waals surface area contributed by atoms with Gasteiger partial charge in [-0.05, 0) is 0 Å². The summed E-state index contributed by atoms with van der Waals surface area (Å²) in [5.74, 6) is 0. The van der Waals surface area contributed by atoms with E-state index in [0.717, 1.165) is 18.1 Å². The van der Waals surface area contributed by atoms with E-state index in [1.54, 1.807) is 6.29 Å². The number of hydrogen-bond donors (Lipinski definition) is 1. The normalized spacial score (nSPS) is 14.0. The number of hydrogen-bond acceptors (Lipinski definition) is 4. The average Bonchev–Trinajstić information content (AvgIpc) is 2.14. The first-order chi connectivity index (χ1) is 7.35. The molecule has 0 fully saturated rings. The molecule has 0 aliphatic rings. The van der Waals surface area contributed by atoms with Gasteiger partial charge < -0.3 is 0 Å². The van der Waals surface area contributed by atoms with Gasteiger partial charge in [-0.25, -0.2) is 0 Å². The molecule has 1 radical (unpaired) electrons. The van der Waals surface area contributed by atoms with Crippen molar-refractivity contribution in [1.29, 1.82) is 0 Å². The predicted octanol–water partition coefficient (Wildman–Crippen LogP) is 1.38. The molecule has 5 heteroatoms. The van der Waals surface area contributed by atoms with Crippen LogP contribution in [0.1, 0.15) is 40.0 Å². The Labute approximate surface area is 104 Å². The predicted molar refractivity (Wildman–Crippen MR) is 65.7 cm³/mol. The second kappa shape index (κ2) is 7.85. The maximum atomic E-state index is 11.4. The molecule has 93 valence electrons. The van der Waals surface area contributed by atoms with Gasteiger partial charge in [0.2, 0.25) is 0 Å². The van der Waals surface area contributed by atoms with Gasteiger partial charge in [-0.3, -0.25) is 0 Å². The first kappa shape index (κ1) is 15.7. The van der Waals surface area contributed by atoms with Gasteiger partial charge in [0.05, 0.1) is 0 Å². The van der Waals surface area contributed by atoms with Crippen LogP contribution in [0.2, 0.25) is 5.21 Å². The van der Waals surface area contributed by atoms with E-state index in [0.29, 0.717) is 6.42 Å². The molecule has 0 spiro atoms. The van der Waals surface area contributed by atoms with Crippen LogP contribution in [-0.4, -0.2) is 38.4 Å². The van der Waals surface area contributed by atoms with Crippen molar-refractivity contribution in [2.75, 3.05) is 0 Å². The van der Waals surface area contributed by atoms with Gasteiger partial charge >= 0.3 is 104 Å². The van der Waals surface area contributed by atoms with E-state index in [-0.39, 0.29) is 10.4 Å². The van der Waals surface area contributed by atoms with Crippen molar-refractivity contribution in [2.45, 2.75) is 56.9 Å². The summed E-state index contributed by atoms with van der Waals surface area (Å²) >= 11 is -0.673. The second-order valence-electron chi connectivity index (χ2n) is 4.65. The summed E-state index contributed by atoms with van der Waals surface area (Å²) < 4.78 is 5.17. The molecule has 0 bridgehead atoms. The molecule has 1 unspecified atom stereocenters. The molecule has 0 rings (SSSR count). The van der Waals surface area contributed by atoms with E-state index in [4.69, 9.17) is 10.5 Å². The zero-order chi connectivity index (χ0) is 12.6. The van der Waals surface area contributed by atoms with Crippen LogP contribution in [0, 0.1) is 0 Å². The quantitative estimate of drug-likeness (QED) is 0.568. The van der Waals surface area contributed by atoms with Crippen molar-refractivity contribution in [3.8, 4) is 0 Å². The van der Waals surface area contributed by atoms with Crippen molar-refractivity contribution < 1.29 is 14.3 Å². The molecule has 2 N–H and O–H groups in total. The van der Waals surface area contributed by atoms with Crippen molar-refractivity contribution >= 4 is 26.8 Å². The Kier molecular flexibility index (Phi) is 7.69. The standard InChI is InChI=1S/C11H21AsNO3/c1-11(2,3)16-10(15)12-7-5-4-6-9(13)8-14/h9,12H,4-7,13H2,1-3H3/t9-/m0/s1. The molecular weight excluding hydrogens is 269 g/mol. The van der Waals surface area contributed by atoms with Crippen LogP contribution in [0.5, 0.6) is 0 Å². The minimum absolute atomic E-state index is 0.0428. The van der Waals surface area contributed by atoms with Crippen LogP contribution in [-0.2, 0) is 9.53 Å². The number of carbonyl (C=O) groups is 1. The molecule has 0 aliphatic carbocycles. The summed E-state index contributed by atoms with van der Waals surface area (Å²) in [6.45, 7) is 5.61. The third-order valence-electron chi connectivity index (χ3n) is 1.76. The van der Waals surface area contributed by atoms with Gasteiger partial charge in [-0.1, -0.05) is 0 Å². The molecule has 0 saturated heterocycles. The number of nitrogens with two attached hydrogens (primary N) is 1. The molecule has 0 aromatic rings. The third kappa shape index (κ3) is 10.2. The SMILES string of the molecule is CC(C)(C)OC(=O)[AsH]CCCC[C@H](N)[C]=O. The fraction of sp³-hybridized carbons (Fsp3) is 0.818. The molecule has 0 amide bonds. The summed E-state index contributed by atoms with van der Waals surface area (Å²) in [5, 5.41) is 0.903. The van der Waals surface area contributed by atoms with Crippen LogP contribution in [0.25, 0.3) is 0 Å². The molecule has 0 aromatic carbocycles. The Morgan fingerprint density at radius 2 is 2.06 bits per heavy atom. The monoisotopic (exact) mass is 290 g/mol. The fourth-order valence-electron chi connectivity index (χ4n) is 1.05. The van der Waals surface area contributed by atoms with Gasteiger partial charge in [0, 0.05) is 0 Å². The Bertz CT molecular complexity index is 226. The van der Waals surface area contributed by atoms with Crippen LogP contribution < -0.4 is 5.73 Å². The van der Waals surface area contributed by atoms with Crippen LogP contribution in [0.4, 0.5) is 4.79 Å². The number of unbranched alkanes of at least 4 members (excludes halogenated alkanes) is 1. The number of ether oxygens (including phenoxy) is 1. The Morgan fingerprint density at radius 1 is 1.44 bits per heavy atom. The average molecular weight is 290 g/mol. The molecule has 2 atom stereocenters. The Morgan fingerprint density at radius 3 is 2.56 bits per heavy atom. The van der Waals surface area contributed by atoms with E-state index < -0.39 is 21.8 Å². The maximum absolute atomic E-state index is 11.4. The Hall–Kier alpha value is -0.342. The molecular formula is C11H21AsNO3. The van der Waals surface area contributed by atoms with Crippen molar-refractivity contribution in [3.05, 3.63) is 0 Å². The third-order valence-corrected chi connectivity index (χ3v) is 3.85. The first-order valence-corrected chi connectivity index (χ1v) is 7.98. The van der Waals surface area contributed by atoms with Crippen molar-refractivity contribution in [1.82, 2.24) is 0 Å². The molecule has 0 aromatic heterocycles. The zero-order valence-corrected chi connectivity index (χ0v) is 12.3. The van der Waals surface area contributed by atoms with Gasteiger partial charge in [0.25, 0.3) is 0 Å².